The van der Waals surface area contributed by atoms with Crippen molar-refractivity contribution in [1.82, 2.24) is 5.32 Å². The van der Waals surface area contributed by atoms with Crippen molar-refractivity contribution >= 4 is 44.9 Å². The first-order valence-corrected chi connectivity index (χ1v) is 13.6. The molecule has 0 aliphatic carbocycles. The number of benzene rings is 4. The molecule has 39 heavy (non-hydrogen) atoms. The van der Waals surface area contributed by atoms with Crippen LogP contribution in [0.2, 0.25) is 5.02 Å². The van der Waals surface area contributed by atoms with Crippen LogP contribution in [0.15, 0.2) is 97.1 Å². The first-order chi connectivity index (χ1) is 18.8. The molecule has 0 fully saturated rings. The fraction of sp³-hybridized carbons (Fsp3) is 0.125. The molecule has 5 aromatic rings. The Balaban J connectivity index is 1.23. The third kappa shape index (κ3) is 6.66. The lowest BCUT2D eigenvalue weighted by atomic mass is 10.0. The number of ether oxygens (including phenoxy) is 1. The quantitative estimate of drug-likeness (QED) is 0.197. The van der Waals surface area contributed by atoms with E-state index in [4.69, 9.17) is 16.3 Å². The molecule has 0 aliphatic rings. The zero-order valence-corrected chi connectivity index (χ0v) is 22.8. The molecule has 1 aromatic heterocycles. The molecule has 1 heterocycles. The number of hydrogen-bond acceptors (Lipinski definition) is 4. The molecule has 1 unspecified atom stereocenters. The molecule has 0 aliphatic heterocycles. The third-order valence-electron chi connectivity index (χ3n) is 6.41. The van der Waals surface area contributed by atoms with E-state index in [0.717, 1.165) is 32.3 Å². The maximum absolute atomic E-state index is 13.0. The Labute approximate surface area is 235 Å². The van der Waals surface area contributed by atoms with Gasteiger partial charge in [0.2, 0.25) is 0 Å². The van der Waals surface area contributed by atoms with Gasteiger partial charge in [-0.2, -0.15) is 0 Å². The lowest BCUT2D eigenvalue weighted by molar-refractivity contribution is -0.139. The lowest BCUT2D eigenvalue weighted by Gasteiger charge is -2.14. The Morgan fingerprint density at radius 1 is 0.872 bits per heavy atom. The first kappa shape index (κ1) is 26.5. The Morgan fingerprint density at radius 3 is 2.23 bits per heavy atom. The highest BCUT2D eigenvalue weighted by molar-refractivity contribution is 7.20. The van der Waals surface area contributed by atoms with Gasteiger partial charge in [0.05, 0.1) is 4.88 Å². The Kier molecular flexibility index (Phi) is 7.96. The number of hydrogen-bond donors (Lipinski definition) is 2. The minimum absolute atomic E-state index is 0.158. The highest BCUT2D eigenvalue weighted by atomic mass is 35.5. The smallest absolute Gasteiger partial charge is 0.326 e. The highest BCUT2D eigenvalue weighted by Gasteiger charge is 2.22. The van der Waals surface area contributed by atoms with Crippen molar-refractivity contribution in [3.63, 3.8) is 0 Å². The number of thiophene rings is 1. The van der Waals surface area contributed by atoms with Gasteiger partial charge in [-0.05, 0) is 77.0 Å². The Hall–Kier alpha value is -4.13. The number of rotatable bonds is 9. The van der Waals surface area contributed by atoms with Gasteiger partial charge in [-0.25, -0.2) is 4.79 Å². The van der Waals surface area contributed by atoms with Gasteiger partial charge in [0, 0.05) is 16.1 Å². The van der Waals surface area contributed by atoms with Crippen molar-refractivity contribution in [2.75, 3.05) is 0 Å². The number of carbonyl (C=O) groups excluding carboxylic acids is 1. The summed E-state index contributed by atoms with van der Waals surface area (Å²) in [4.78, 5) is 25.4. The molecule has 2 N–H and O–H groups in total. The number of carbonyl (C=O) groups is 2. The van der Waals surface area contributed by atoms with Crippen molar-refractivity contribution in [3.05, 3.63) is 124 Å². The molecule has 4 aromatic carbocycles. The molecule has 1 amide bonds. The number of nitrogens with one attached hydrogen (secondary N) is 1. The van der Waals surface area contributed by atoms with Crippen LogP contribution in [-0.4, -0.2) is 23.0 Å². The lowest BCUT2D eigenvalue weighted by Crippen LogP contribution is -2.42. The number of aliphatic carboxylic acids is 1. The fourth-order valence-electron chi connectivity index (χ4n) is 4.22. The van der Waals surface area contributed by atoms with Crippen LogP contribution in [0.25, 0.3) is 21.2 Å². The van der Waals surface area contributed by atoms with Gasteiger partial charge in [0.25, 0.3) is 5.91 Å². The van der Waals surface area contributed by atoms with Gasteiger partial charge in [-0.15, -0.1) is 11.3 Å². The minimum Gasteiger partial charge on any atom is -0.489 e. The molecule has 0 saturated heterocycles. The number of amides is 1. The van der Waals surface area contributed by atoms with E-state index in [-0.39, 0.29) is 6.42 Å². The van der Waals surface area contributed by atoms with E-state index in [1.165, 1.54) is 16.9 Å². The summed E-state index contributed by atoms with van der Waals surface area (Å²) in [6, 6.07) is 29.7. The van der Waals surface area contributed by atoms with Crippen LogP contribution < -0.4 is 10.1 Å². The van der Waals surface area contributed by atoms with Gasteiger partial charge in [0.1, 0.15) is 18.4 Å². The normalized spacial score (nSPS) is 11.7. The summed E-state index contributed by atoms with van der Waals surface area (Å²) in [5, 5.41) is 14.1. The molecule has 0 bridgehead atoms. The number of fused-ring (bicyclic) bond motifs is 1. The van der Waals surface area contributed by atoms with Crippen molar-refractivity contribution in [1.29, 1.82) is 0 Å². The van der Waals surface area contributed by atoms with E-state index >= 15 is 0 Å². The number of carboxylic acids is 1. The molecule has 0 saturated carbocycles. The fourth-order valence-corrected chi connectivity index (χ4v) is 5.29. The van der Waals surface area contributed by atoms with E-state index < -0.39 is 17.9 Å². The van der Waals surface area contributed by atoms with Gasteiger partial charge >= 0.3 is 5.97 Å². The summed E-state index contributed by atoms with van der Waals surface area (Å²) >= 11 is 7.34. The Morgan fingerprint density at radius 2 is 1.54 bits per heavy atom. The van der Waals surface area contributed by atoms with Crippen LogP contribution in [0.3, 0.4) is 0 Å². The number of carboxylic acid groups (broad SMARTS) is 1. The summed E-state index contributed by atoms with van der Waals surface area (Å²) in [6.45, 7) is 2.49. The summed E-state index contributed by atoms with van der Waals surface area (Å²) in [7, 11) is 0. The molecule has 0 spiro atoms. The van der Waals surface area contributed by atoms with Crippen LogP contribution in [-0.2, 0) is 17.8 Å². The van der Waals surface area contributed by atoms with E-state index in [1.54, 1.807) is 6.07 Å². The Bertz CT molecular complexity index is 1610. The van der Waals surface area contributed by atoms with Crippen LogP contribution in [0.5, 0.6) is 5.75 Å². The van der Waals surface area contributed by atoms with Crippen LogP contribution >= 0.6 is 22.9 Å². The van der Waals surface area contributed by atoms with E-state index in [2.05, 4.69) is 5.32 Å². The maximum atomic E-state index is 13.0. The average molecular weight is 556 g/mol. The van der Waals surface area contributed by atoms with Crippen molar-refractivity contribution in [2.24, 2.45) is 0 Å². The zero-order chi connectivity index (χ0) is 27.4. The molecule has 5 rings (SSSR count). The summed E-state index contributed by atoms with van der Waals surface area (Å²) in [6.07, 6.45) is 0.158. The average Bonchev–Trinajstić information content (AvgIpc) is 3.37. The molecular formula is C32H26ClNO4S. The van der Waals surface area contributed by atoms with Crippen molar-refractivity contribution in [2.45, 2.75) is 26.0 Å². The van der Waals surface area contributed by atoms with Gasteiger partial charge < -0.3 is 15.2 Å². The number of halogens is 1. The monoisotopic (exact) mass is 555 g/mol. The zero-order valence-electron chi connectivity index (χ0n) is 21.2. The molecule has 7 heteroatoms. The second-order valence-electron chi connectivity index (χ2n) is 9.36. The predicted octanol–water partition coefficient (Wildman–Crippen LogP) is 7.53. The van der Waals surface area contributed by atoms with Crippen LogP contribution in [0.1, 0.15) is 26.4 Å². The molecular weight excluding hydrogens is 530 g/mol. The van der Waals surface area contributed by atoms with Crippen LogP contribution in [0.4, 0.5) is 0 Å². The predicted molar refractivity (Wildman–Crippen MR) is 157 cm³/mol. The maximum Gasteiger partial charge on any atom is 0.326 e. The topological polar surface area (TPSA) is 75.6 Å². The van der Waals surface area contributed by atoms with Gasteiger partial charge in [0.15, 0.2) is 0 Å². The summed E-state index contributed by atoms with van der Waals surface area (Å²) in [5.74, 6) is -0.803. The van der Waals surface area contributed by atoms with Crippen molar-refractivity contribution in [3.8, 4) is 16.9 Å². The second-order valence-corrected chi connectivity index (χ2v) is 10.9. The molecule has 0 radical (unpaired) electrons. The second kappa shape index (κ2) is 11.7. The molecule has 1 atom stereocenters. The van der Waals surface area contributed by atoms with Gasteiger partial charge in [-0.1, -0.05) is 71.8 Å². The summed E-state index contributed by atoms with van der Waals surface area (Å²) < 4.78 is 6.79. The van der Waals surface area contributed by atoms with Gasteiger partial charge in [-0.3, -0.25) is 4.79 Å². The minimum atomic E-state index is -1.09. The van der Waals surface area contributed by atoms with E-state index in [1.807, 2.05) is 97.9 Å². The van der Waals surface area contributed by atoms with Crippen molar-refractivity contribution < 1.29 is 19.4 Å². The summed E-state index contributed by atoms with van der Waals surface area (Å²) in [5.41, 5.74) is 5.09. The highest BCUT2D eigenvalue weighted by Crippen LogP contribution is 2.31. The SMILES string of the molecule is Cc1ccc(COc2ccc(CC(NC(=O)c3cc4cc(-c5ccc(Cl)cc5)ccc4s3)C(=O)O)cc2)cc1. The largest absolute Gasteiger partial charge is 0.489 e. The van der Waals surface area contributed by atoms with Crippen LogP contribution in [0, 0.1) is 6.92 Å². The van der Waals surface area contributed by atoms with E-state index in [0.29, 0.717) is 22.3 Å². The molecule has 196 valence electrons. The van der Waals surface area contributed by atoms with E-state index in [9.17, 15) is 14.7 Å². The third-order valence-corrected chi connectivity index (χ3v) is 7.78. The molecule has 5 nitrogen and oxygen atoms in total. The first-order valence-electron chi connectivity index (χ1n) is 12.4. The number of aryl methyl sites for hydroxylation is 1. The standard InChI is InChI=1S/C32H26ClNO4S/c1-20-2-4-22(5-3-20)19-38-27-13-6-21(7-14-27)16-28(32(36)37)34-31(35)30-18-25-17-24(10-15-29(25)39-30)23-8-11-26(33)12-9-23/h2-15,17-18,28H,16,19H2,1H3,(H,34,35)(H,36,37).